The highest BCUT2D eigenvalue weighted by Crippen LogP contribution is 2.28. The van der Waals surface area contributed by atoms with Crippen LogP contribution in [0.3, 0.4) is 0 Å². The van der Waals surface area contributed by atoms with Crippen molar-refractivity contribution in [2.45, 2.75) is 46.6 Å². The minimum atomic E-state index is 0.276. The monoisotopic (exact) mass is 397 g/mol. The van der Waals surface area contributed by atoms with Crippen molar-refractivity contribution in [3.8, 4) is 5.88 Å². The molecule has 4 rings (SSSR count). The topological polar surface area (TPSA) is 64.0 Å². The Morgan fingerprint density at radius 2 is 2.04 bits per heavy atom. The maximum Gasteiger partial charge on any atom is 0.216 e. The average Bonchev–Trinajstić information content (AvgIpc) is 3.04. The van der Waals surface area contributed by atoms with Crippen LogP contribution in [-0.2, 0) is 0 Å². The second-order valence-electron chi connectivity index (χ2n) is 7.68. The van der Waals surface area contributed by atoms with Crippen molar-refractivity contribution in [3.63, 3.8) is 0 Å². The van der Waals surface area contributed by atoms with E-state index in [0.717, 1.165) is 45.7 Å². The number of fused-ring (bicyclic) bond motifs is 1. The first-order chi connectivity index (χ1) is 13.5. The lowest BCUT2D eigenvalue weighted by Crippen LogP contribution is -2.39. The van der Waals surface area contributed by atoms with Crippen LogP contribution in [0.1, 0.15) is 48.0 Å². The van der Waals surface area contributed by atoms with E-state index in [4.69, 9.17) is 9.72 Å². The summed E-state index contributed by atoms with van der Waals surface area (Å²) in [6, 6.07) is 6.49. The van der Waals surface area contributed by atoms with Crippen molar-refractivity contribution in [2.24, 2.45) is 5.92 Å². The molecule has 2 atom stereocenters. The van der Waals surface area contributed by atoms with E-state index in [-0.39, 0.29) is 6.04 Å². The Kier molecular flexibility index (Phi) is 5.55. The maximum atomic E-state index is 6.00. The number of ether oxygens (including phenoxy) is 1. The van der Waals surface area contributed by atoms with E-state index >= 15 is 0 Å². The molecule has 3 aromatic heterocycles. The van der Waals surface area contributed by atoms with Gasteiger partial charge in [-0.2, -0.15) is 4.98 Å². The summed E-state index contributed by atoms with van der Waals surface area (Å²) in [4.78, 5) is 20.6. The van der Waals surface area contributed by atoms with E-state index in [1.807, 2.05) is 26.8 Å². The molecule has 4 heterocycles. The van der Waals surface area contributed by atoms with Crippen LogP contribution >= 0.6 is 11.3 Å². The van der Waals surface area contributed by atoms with E-state index in [9.17, 15) is 0 Å². The van der Waals surface area contributed by atoms with Crippen molar-refractivity contribution in [2.75, 3.05) is 19.7 Å². The molecule has 1 saturated heterocycles. The molecule has 1 fully saturated rings. The summed E-state index contributed by atoms with van der Waals surface area (Å²) in [6.45, 7) is 11.0. The van der Waals surface area contributed by atoms with Crippen molar-refractivity contribution in [1.29, 1.82) is 0 Å². The van der Waals surface area contributed by atoms with Gasteiger partial charge in [0.05, 0.1) is 22.0 Å². The minimum absolute atomic E-state index is 0.276. The van der Waals surface area contributed by atoms with Gasteiger partial charge in [-0.1, -0.05) is 0 Å². The zero-order chi connectivity index (χ0) is 19.7. The van der Waals surface area contributed by atoms with Gasteiger partial charge in [0.15, 0.2) is 5.65 Å². The smallest absolute Gasteiger partial charge is 0.216 e. The zero-order valence-corrected chi connectivity index (χ0v) is 17.8. The molecule has 6 nitrogen and oxygen atoms in total. The van der Waals surface area contributed by atoms with Crippen LogP contribution in [0, 0.1) is 26.7 Å². The fourth-order valence-electron chi connectivity index (χ4n) is 3.91. The average molecular weight is 398 g/mol. The predicted molar refractivity (Wildman–Crippen MR) is 112 cm³/mol. The first-order valence-corrected chi connectivity index (χ1v) is 10.7. The number of piperidine rings is 1. The van der Waals surface area contributed by atoms with Gasteiger partial charge in [-0.15, -0.1) is 11.3 Å². The van der Waals surface area contributed by atoms with Crippen molar-refractivity contribution in [3.05, 3.63) is 40.4 Å². The van der Waals surface area contributed by atoms with Gasteiger partial charge < -0.3 is 4.74 Å². The highest BCUT2D eigenvalue weighted by Gasteiger charge is 2.26. The van der Waals surface area contributed by atoms with Gasteiger partial charge >= 0.3 is 0 Å². The largest absolute Gasteiger partial charge is 0.477 e. The van der Waals surface area contributed by atoms with E-state index in [1.54, 1.807) is 11.3 Å². The molecule has 148 valence electrons. The molecule has 0 N–H and O–H groups in total. The number of aromatic nitrogens is 4. The van der Waals surface area contributed by atoms with Crippen LogP contribution in [0.5, 0.6) is 5.88 Å². The normalized spacial score (nSPS) is 19.1. The summed E-state index contributed by atoms with van der Waals surface area (Å²) in [5.74, 6) is 1.94. The zero-order valence-electron chi connectivity index (χ0n) is 17.0. The van der Waals surface area contributed by atoms with E-state index in [2.05, 4.69) is 38.9 Å². The molecule has 0 amide bonds. The summed E-state index contributed by atoms with van der Waals surface area (Å²) in [6.07, 6.45) is 2.36. The Labute approximate surface area is 170 Å². The highest BCUT2D eigenvalue weighted by atomic mass is 32.1. The van der Waals surface area contributed by atoms with E-state index in [1.165, 1.54) is 12.8 Å². The van der Waals surface area contributed by atoms with Crippen LogP contribution in [0.15, 0.2) is 18.2 Å². The van der Waals surface area contributed by atoms with Crippen LogP contribution in [-0.4, -0.2) is 44.5 Å². The lowest BCUT2D eigenvalue weighted by Gasteiger charge is -2.36. The third-order valence-electron chi connectivity index (χ3n) is 5.32. The second kappa shape index (κ2) is 8.09. The van der Waals surface area contributed by atoms with Gasteiger partial charge in [0.25, 0.3) is 0 Å². The van der Waals surface area contributed by atoms with Gasteiger partial charge in [0.2, 0.25) is 5.88 Å². The molecule has 1 unspecified atom stereocenters. The Morgan fingerprint density at radius 3 is 2.86 bits per heavy atom. The molecule has 1 aliphatic rings. The lowest BCUT2D eigenvalue weighted by molar-refractivity contribution is 0.0978. The van der Waals surface area contributed by atoms with E-state index < -0.39 is 0 Å². The number of pyridine rings is 1. The quantitative estimate of drug-likeness (QED) is 0.641. The van der Waals surface area contributed by atoms with Crippen LogP contribution in [0.4, 0.5) is 0 Å². The predicted octanol–water partition coefficient (Wildman–Crippen LogP) is 4.26. The van der Waals surface area contributed by atoms with Crippen LogP contribution < -0.4 is 4.74 Å². The molecule has 0 spiro atoms. The molecule has 7 heteroatoms. The third kappa shape index (κ3) is 4.31. The fourth-order valence-corrected chi connectivity index (χ4v) is 4.68. The number of rotatable bonds is 5. The Morgan fingerprint density at radius 1 is 1.18 bits per heavy atom. The van der Waals surface area contributed by atoms with Gasteiger partial charge in [-0.25, -0.2) is 15.0 Å². The number of hydrogen-bond donors (Lipinski definition) is 0. The van der Waals surface area contributed by atoms with Crippen molar-refractivity contribution in [1.82, 2.24) is 24.8 Å². The Balaban J connectivity index is 1.40. The SMILES string of the molecule is Cc1cc(OC[C@H]2CCCN(C(C)c3ccc4sc(C)nc4n3)C2)nc(C)n1. The molecule has 0 saturated carbocycles. The standard InChI is InChI=1S/C21H27N5OS/c1-13-10-20(23-15(3)22-13)27-12-17-6-5-9-26(11-17)14(2)18-7-8-19-21(25-18)24-16(4)28-19/h7-8,10,14,17H,5-6,9,11-12H2,1-4H3/t14?,17-/m0/s1. The summed E-state index contributed by atoms with van der Waals surface area (Å²) in [7, 11) is 0. The van der Waals surface area contributed by atoms with Crippen molar-refractivity contribution >= 4 is 21.7 Å². The molecule has 28 heavy (non-hydrogen) atoms. The summed E-state index contributed by atoms with van der Waals surface area (Å²) < 4.78 is 7.16. The van der Waals surface area contributed by atoms with Crippen molar-refractivity contribution < 1.29 is 4.74 Å². The van der Waals surface area contributed by atoms with Gasteiger partial charge in [-0.3, -0.25) is 4.90 Å². The number of aryl methyl sites for hydroxylation is 3. The molecular weight excluding hydrogens is 370 g/mol. The fraction of sp³-hybridized carbons (Fsp3) is 0.524. The molecule has 1 aliphatic heterocycles. The van der Waals surface area contributed by atoms with Gasteiger partial charge in [0, 0.05) is 30.3 Å². The number of likely N-dealkylation sites (tertiary alicyclic amines) is 1. The molecular formula is C21H27N5OS. The first kappa shape index (κ1) is 19.2. The highest BCUT2D eigenvalue weighted by molar-refractivity contribution is 7.18. The second-order valence-corrected chi connectivity index (χ2v) is 8.91. The van der Waals surface area contributed by atoms with Crippen LogP contribution in [0.25, 0.3) is 10.3 Å². The van der Waals surface area contributed by atoms with E-state index in [0.29, 0.717) is 18.4 Å². The van der Waals surface area contributed by atoms with Gasteiger partial charge in [-0.05, 0) is 59.2 Å². The van der Waals surface area contributed by atoms with Crippen LogP contribution in [0.2, 0.25) is 0 Å². The minimum Gasteiger partial charge on any atom is -0.477 e. The summed E-state index contributed by atoms with van der Waals surface area (Å²) in [5.41, 5.74) is 2.92. The molecule has 0 bridgehead atoms. The third-order valence-corrected chi connectivity index (χ3v) is 6.24. The molecule has 0 aromatic carbocycles. The lowest BCUT2D eigenvalue weighted by atomic mass is 9.97. The summed E-state index contributed by atoms with van der Waals surface area (Å²) >= 11 is 1.70. The Hall–Kier alpha value is -2.12. The first-order valence-electron chi connectivity index (χ1n) is 9.91. The molecule has 0 aliphatic carbocycles. The number of thiazole rings is 1. The molecule has 3 aromatic rings. The number of nitrogens with zero attached hydrogens (tertiary/aromatic N) is 5. The Bertz CT molecular complexity index is 952. The van der Waals surface area contributed by atoms with Gasteiger partial charge in [0.1, 0.15) is 5.82 Å². The molecule has 0 radical (unpaired) electrons. The number of hydrogen-bond acceptors (Lipinski definition) is 7. The maximum absolute atomic E-state index is 6.00. The summed E-state index contributed by atoms with van der Waals surface area (Å²) in [5, 5.41) is 1.07.